The van der Waals surface area contributed by atoms with Gasteiger partial charge >= 0.3 is 0 Å². The second-order valence-electron chi connectivity index (χ2n) is 3.83. The Balaban J connectivity index is 2.23. The van der Waals surface area contributed by atoms with E-state index >= 15 is 0 Å². The summed E-state index contributed by atoms with van der Waals surface area (Å²) < 4.78 is 14.3. The number of benzene rings is 2. The van der Waals surface area contributed by atoms with Crippen LogP contribution in [0.25, 0.3) is 22.4 Å². The average molecular weight is 326 g/mol. The molecule has 0 saturated heterocycles. The van der Waals surface area contributed by atoms with Crippen molar-refractivity contribution in [3.8, 4) is 11.4 Å². The smallest absolute Gasteiger partial charge is 0.149 e. The van der Waals surface area contributed by atoms with Crippen molar-refractivity contribution in [2.45, 2.75) is 0 Å². The third kappa shape index (κ3) is 1.82. The van der Waals surface area contributed by atoms with Crippen LogP contribution in [-0.4, -0.2) is 9.97 Å². The normalized spacial score (nSPS) is 11.1. The van der Waals surface area contributed by atoms with E-state index in [1.165, 1.54) is 0 Å². The fourth-order valence-electron chi connectivity index (χ4n) is 1.79. The van der Waals surface area contributed by atoms with Crippen LogP contribution in [0.1, 0.15) is 0 Å². The van der Waals surface area contributed by atoms with E-state index in [0.717, 1.165) is 11.0 Å². The Kier molecular flexibility index (Phi) is 2.84. The lowest BCUT2D eigenvalue weighted by Crippen LogP contribution is -1.88. The molecule has 5 heteroatoms. The monoisotopic (exact) mass is 324 g/mol. The lowest BCUT2D eigenvalue weighted by Gasteiger charge is -2.03. The van der Waals surface area contributed by atoms with Gasteiger partial charge in [-0.2, -0.15) is 0 Å². The minimum Gasteiger partial charge on any atom is -0.338 e. The number of nitrogens with one attached hydrogen (secondary N) is 1. The van der Waals surface area contributed by atoms with Gasteiger partial charge in [0.15, 0.2) is 0 Å². The number of H-pyrrole nitrogens is 1. The Hall–Kier alpha value is -1.39. The third-order valence-electron chi connectivity index (χ3n) is 2.68. The number of imidazole rings is 1. The summed E-state index contributed by atoms with van der Waals surface area (Å²) in [5.74, 6) is 0.0765. The lowest BCUT2D eigenvalue weighted by molar-refractivity contribution is 0.624. The molecule has 1 N–H and O–H groups in total. The highest BCUT2D eigenvalue weighted by Gasteiger charge is 2.14. The first-order chi connectivity index (χ1) is 8.66. The third-order valence-corrected chi connectivity index (χ3v) is 4.00. The second kappa shape index (κ2) is 4.37. The summed E-state index contributed by atoms with van der Waals surface area (Å²) >= 11 is 8.96. The largest absolute Gasteiger partial charge is 0.338 e. The van der Waals surface area contributed by atoms with Crippen molar-refractivity contribution in [2.24, 2.45) is 0 Å². The number of para-hydroxylation sites is 2. The molecule has 0 aliphatic carbocycles. The zero-order chi connectivity index (χ0) is 12.7. The first kappa shape index (κ1) is 11.7. The first-order valence-electron chi connectivity index (χ1n) is 5.25. The molecule has 0 radical (unpaired) electrons. The van der Waals surface area contributed by atoms with Crippen molar-refractivity contribution in [3.63, 3.8) is 0 Å². The number of hydrogen-bond donors (Lipinski definition) is 1. The maximum atomic E-state index is 14.1. The molecule has 1 aromatic heterocycles. The Bertz CT molecular complexity index is 706. The molecule has 1 heterocycles. The predicted octanol–water partition coefficient (Wildman–Crippen LogP) is 4.78. The van der Waals surface area contributed by atoms with Crippen molar-refractivity contribution in [1.82, 2.24) is 9.97 Å². The van der Waals surface area contributed by atoms with E-state index in [9.17, 15) is 4.39 Å². The molecule has 0 aliphatic heterocycles. The number of fused-ring (bicyclic) bond motifs is 1. The van der Waals surface area contributed by atoms with Crippen molar-refractivity contribution in [2.75, 3.05) is 0 Å². The van der Waals surface area contributed by atoms with E-state index in [4.69, 9.17) is 11.6 Å². The van der Waals surface area contributed by atoms with Gasteiger partial charge in [0.2, 0.25) is 0 Å². The summed E-state index contributed by atoms with van der Waals surface area (Å²) in [6.45, 7) is 0. The molecule has 2 aromatic carbocycles. The summed E-state index contributed by atoms with van der Waals surface area (Å²) in [7, 11) is 0. The molecule has 0 unspecified atom stereocenters. The molecule has 2 nitrogen and oxygen atoms in total. The lowest BCUT2D eigenvalue weighted by atomic mass is 10.2. The van der Waals surface area contributed by atoms with Gasteiger partial charge in [-0.05, 0) is 40.2 Å². The Morgan fingerprint density at radius 3 is 2.72 bits per heavy atom. The fourth-order valence-corrected chi connectivity index (χ4v) is 2.28. The Morgan fingerprint density at radius 2 is 1.94 bits per heavy atom. The van der Waals surface area contributed by atoms with Crippen LogP contribution in [0.15, 0.2) is 40.9 Å². The molecule has 0 saturated carbocycles. The number of aromatic nitrogens is 2. The van der Waals surface area contributed by atoms with E-state index in [1.807, 2.05) is 24.3 Å². The summed E-state index contributed by atoms with van der Waals surface area (Å²) in [5, 5.41) is 0.340. The standard InChI is InChI=1S/C13H7BrClFN2/c14-11-8(15)6-5-7(12(11)16)13-17-9-3-1-2-4-10(9)18-13/h1-6H,(H,17,18). The molecule has 0 amide bonds. The molecule has 0 bridgehead atoms. The van der Waals surface area contributed by atoms with Gasteiger partial charge in [0.25, 0.3) is 0 Å². The van der Waals surface area contributed by atoms with Crippen LogP contribution in [-0.2, 0) is 0 Å². The van der Waals surface area contributed by atoms with Crippen LogP contribution in [0.5, 0.6) is 0 Å². The molecule has 3 aromatic rings. The van der Waals surface area contributed by atoms with Crippen LogP contribution in [0.2, 0.25) is 5.02 Å². The maximum Gasteiger partial charge on any atom is 0.149 e. The van der Waals surface area contributed by atoms with Gasteiger partial charge in [-0.1, -0.05) is 23.7 Å². The van der Waals surface area contributed by atoms with E-state index in [0.29, 0.717) is 16.4 Å². The van der Waals surface area contributed by atoms with Gasteiger partial charge in [0.1, 0.15) is 11.6 Å². The number of nitrogens with zero attached hydrogens (tertiary/aromatic N) is 1. The van der Waals surface area contributed by atoms with Gasteiger partial charge in [0, 0.05) is 0 Å². The predicted molar refractivity (Wildman–Crippen MR) is 74.2 cm³/mol. The molecule has 0 atom stereocenters. The van der Waals surface area contributed by atoms with E-state index in [-0.39, 0.29) is 4.47 Å². The highest BCUT2D eigenvalue weighted by molar-refractivity contribution is 9.10. The quantitative estimate of drug-likeness (QED) is 0.641. The first-order valence-corrected chi connectivity index (χ1v) is 6.42. The molecule has 0 fully saturated rings. The topological polar surface area (TPSA) is 28.7 Å². The van der Waals surface area contributed by atoms with Crippen LogP contribution in [0.3, 0.4) is 0 Å². The average Bonchev–Trinajstić information content (AvgIpc) is 2.79. The minimum atomic E-state index is -0.415. The number of halogens is 3. The van der Waals surface area contributed by atoms with E-state index < -0.39 is 5.82 Å². The highest BCUT2D eigenvalue weighted by Crippen LogP contribution is 2.32. The SMILES string of the molecule is Fc1c(-c2nc3ccccc3[nH]2)ccc(Cl)c1Br. The molecule has 90 valence electrons. The number of aromatic amines is 1. The van der Waals surface area contributed by atoms with Gasteiger partial charge in [-0.3, -0.25) is 0 Å². The Labute approximate surface area is 116 Å². The summed E-state index contributed by atoms with van der Waals surface area (Å²) in [5.41, 5.74) is 2.07. The fraction of sp³-hybridized carbons (Fsp3) is 0. The van der Waals surface area contributed by atoms with Crippen LogP contribution >= 0.6 is 27.5 Å². The van der Waals surface area contributed by atoms with Gasteiger partial charge < -0.3 is 4.98 Å². The minimum absolute atomic E-state index is 0.252. The number of rotatable bonds is 1. The van der Waals surface area contributed by atoms with Gasteiger partial charge in [-0.15, -0.1) is 0 Å². The maximum absolute atomic E-state index is 14.1. The van der Waals surface area contributed by atoms with Crippen molar-refractivity contribution in [1.29, 1.82) is 0 Å². The number of hydrogen-bond acceptors (Lipinski definition) is 1. The van der Waals surface area contributed by atoms with Gasteiger partial charge in [0.05, 0.1) is 26.1 Å². The molecule has 0 spiro atoms. The molecule has 18 heavy (non-hydrogen) atoms. The summed E-state index contributed by atoms with van der Waals surface area (Å²) in [6.07, 6.45) is 0. The van der Waals surface area contributed by atoms with Crippen LogP contribution < -0.4 is 0 Å². The van der Waals surface area contributed by atoms with Crippen LogP contribution in [0.4, 0.5) is 4.39 Å². The van der Waals surface area contributed by atoms with Crippen molar-refractivity contribution in [3.05, 3.63) is 51.7 Å². The molecular weight excluding hydrogens is 319 g/mol. The van der Waals surface area contributed by atoms with Crippen molar-refractivity contribution >= 4 is 38.6 Å². The summed E-state index contributed by atoms with van der Waals surface area (Å²) in [4.78, 5) is 7.44. The zero-order valence-corrected chi connectivity index (χ0v) is 11.4. The Morgan fingerprint density at radius 1 is 1.17 bits per heavy atom. The summed E-state index contributed by atoms with van der Waals surface area (Å²) in [6, 6.07) is 10.8. The van der Waals surface area contributed by atoms with E-state index in [2.05, 4.69) is 25.9 Å². The molecule has 3 rings (SSSR count). The zero-order valence-electron chi connectivity index (χ0n) is 9.05. The van der Waals surface area contributed by atoms with Gasteiger partial charge in [-0.25, -0.2) is 9.37 Å². The van der Waals surface area contributed by atoms with Crippen LogP contribution in [0, 0.1) is 5.82 Å². The van der Waals surface area contributed by atoms with Crippen molar-refractivity contribution < 1.29 is 4.39 Å². The van der Waals surface area contributed by atoms with E-state index in [1.54, 1.807) is 12.1 Å². The molecular formula is C13H7BrClFN2. The molecule has 0 aliphatic rings. The highest BCUT2D eigenvalue weighted by atomic mass is 79.9. The second-order valence-corrected chi connectivity index (χ2v) is 5.03.